The molecule has 0 saturated heterocycles. The van der Waals surface area contributed by atoms with E-state index < -0.39 is 47.0 Å². The third-order valence-corrected chi connectivity index (χ3v) is 5.97. The summed E-state index contributed by atoms with van der Waals surface area (Å²) in [5.41, 5.74) is -2.41. The van der Waals surface area contributed by atoms with Gasteiger partial charge in [0.2, 0.25) is 5.91 Å². The molecule has 0 fully saturated rings. The molecule has 3 aromatic rings. The standard InChI is InChI=1S/C25H17ClF6N2O2/c26-18-8-5-15(6-9-18)23(36)34-20-4-2-1-3-14(20)7-10-21(34)22(35)33-19-12-16(24(27,28)29)11-17(13-19)25(30,31)32/h1-6,8-9,11-13,21H,7,10H2,(H,33,35). The molecular weight excluding hydrogens is 510 g/mol. The van der Waals surface area contributed by atoms with Crippen LogP contribution < -0.4 is 10.2 Å². The van der Waals surface area contributed by atoms with Gasteiger partial charge in [0.15, 0.2) is 0 Å². The highest BCUT2D eigenvalue weighted by molar-refractivity contribution is 6.30. The number of aryl methyl sites for hydroxylation is 1. The van der Waals surface area contributed by atoms with Gasteiger partial charge in [0, 0.05) is 22.0 Å². The molecular formula is C25H17ClF6N2O2. The number of amides is 2. The first-order chi connectivity index (χ1) is 16.8. The van der Waals surface area contributed by atoms with Crippen molar-refractivity contribution in [1.82, 2.24) is 0 Å². The Kier molecular flexibility index (Phi) is 6.74. The van der Waals surface area contributed by atoms with E-state index in [1.807, 2.05) is 0 Å². The maximum Gasteiger partial charge on any atom is 0.416 e. The molecule has 3 aromatic carbocycles. The summed E-state index contributed by atoms with van der Waals surface area (Å²) in [4.78, 5) is 27.8. The average Bonchev–Trinajstić information content (AvgIpc) is 2.82. The van der Waals surface area contributed by atoms with E-state index in [0.29, 0.717) is 29.3 Å². The third-order valence-electron chi connectivity index (χ3n) is 5.72. The number of rotatable bonds is 3. The zero-order valence-corrected chi connectivity index (χ0v) is 19.0. The predicted molar refractivity (Wildman–Crippen MR) is 122 cm³/mol. The van der Waals surface area contributed by atoms with Gasteiger partial charge in [0.25, 0.3) is 5.91 Å². The van der Waals surface area contributed by atoms with Crippen molar-refractivity contribution in [3.8, 4) is 0 Å². The molecule has 1 N–H and O–H groups in total. The molecule has 4 rings (SSSR count). The van der Waals surface area contributed by atoms with E-state index in [4.69, 9.17) is 11.6 Å². The fourth-order valence-electron chi connectivity index (χ4n) is 4.03. The second-order valence-corrected chi connectivity index (χ2v) is 8.59. The Morgan fingerprint density at radius 2 is 1.44 bits per heavy atom. The van der Waals surface area contributed by atoms with Gasteiger partial charge in [-0.05, 0) is 66.9 Å². The quantitative estimate of drug-likeness (QED) is 0.374. The number of benzene rings is 3. The van der Waals surface area contributed by atoms with Crippen LogP contribution in [0, 0.1) is 0 Å². The summed E-state index contributed by atoms with van der Waals surface area (Å²) in [5, 5.41) is 2.54. The van der Waals surface area contributed by atoms with E-state index >= 15 is 0 Å². The van der Waals surface area contributed by atoms with Crippen molar-refractivity contribution >= 4 is 34.8 Å². The van der Waals surface area contributed by atoms with Crippen LogP contribution in [-0.2, 0) is 23.6 Å². The predicted octanol–water partition coefficient (Wildman–Crippen LogP) is 6.98. The van der Waals surface area contributed by atoms with Crippen molar-refractivity contribution < 1.29 is 35.9 Å². The minimum atomic E-state index is -5.07. The fourth-order valence-corrected chi connectivity index (χ4v) is 4.16. The molecule has 0 aromatic heterocycles. The highest BCUT2D eigenvalue weighted by Crippen LogP contribution is 2.38. The topological polar surface area (TPSA) is 49.4 Å². The van der Waals surface area contributed by atoms with Crippen LogP contribution in [0.2, 0.25) is 5.02 Å². The van der Waals surface area contributed by atoms with Crippen LogP contribution in [0.4, 0.5) is 37.7 Å². The number of carbonyl (C=O) groups excluding carboxylic acids is 2. The minimum absolute atomic E-state index is 0.0249. The molecule has 1 unspecified atom stereocenters. The van der Waals surface area contributed by atoms with Gasteiger partial charge in [-0.1, -0.05) is 29.8 Å². The number of hydrogen-bond donors (Lipinski definition) is 1. The zero-order chi connectivity index (χ0) is 26.3. The molecule has 36 heavy (non-hydrogen) atoms. The number of nitrogens with zero attached hydrogens (tertiary/aromatic N) is 1. The lowest BCUT2D eigenvalue weighted by molar-refractivity contribution is -0.143. The van der Waals surface area contributed by atoms with E-state index in [0.717, 1.165) is 5.56 Å². The first kappa shape index (κ1) is 25.6. The molecule has 1 heterocycles. The Bertz CT molecular complexity index is 1270. The molecule has 0 saturated carbocycles. The van der Waals surface area contributed by atoms with E-state index in [-0.39, 0.29) is 18.1 Å². The Morgan fingerprint density at radius 3 is 2.03 bits per heavy atom. The number of para-hydroxylation sites is 1. The number of fused-ring (bicyclic) bond motifs is 1. The van der Waals surface area contributed by atoms with Crippen molar-refractivity contribution in [2.45, 2.75) is 31.2 Å². The molecule has 1 atom stereocenters. The number of carbonyl (C=O) groups is 2. The fraction of sp³-hybridized carbons (Fsp3) is 0.200. The second kappa shape index (κ2) is 9.50. The van der Waals surface area contributed by atoms with Crippen molar-refractivity contribution in [1.29, 1.82) is 0 Å². The Balaban J connectivity index is 1.71. The number of alkyl halides is 6. The van der Waals surface area contributed by atoms with Crippen molar-refractivity contribution in [2.24, 2.45) is 0 Å². The lowest BCUT2D eigenvalue weighted by Gasteiger charge is -2.36. The van der Waals surface area contributed by atoms with Crippen LogP contribution in [0.1, 0.15) is 33.5 Å². The third kappa shape index (κ3) is 5.33. The number of hydrogen-bond acceptors (Lipinski definition) is 2. The monoisotopic (exact) mass is 526 g/mol. The lowest BCUT2D eigenvalue weighted by Crippen LogP contribution is -2.50. The van der Waals surface area contributed by atoms with E-state index in [9.17, 15) is 35.9 Å². The normalized spacial score (nSPS) is 15.9. The number of halogens is 7. The van der Waals surface area contributed by atoms with Crippen LogP contribution in [0.15, 0.2) is 66.7 Å². The second-order valence-electron chi connectivity index (χ2n) is 8.15. The van der Waals surface area contributed by atoms with Gasteiger partial charge in [-0.15, -0.1) is 0 Å². The number of anilines is 2. The molecule has 0 aliphatic carbocycles. The summed E-state index contributed by atoms with van der Waals surface area (Å²) in [5.74, 6) is -1.49. The first-order valence-corrected chi connectivity index (χ1v) is 11.0. The van der Waals surface area contributed by atoms with Crippen molar-refractivity contribution in [3.05, 3.63) is 94.0 Å². The van der Waals surface area contributed by atoms with Gasteiger partial charge in [-0.3, -0.25) is 14.5 Å². The summed E-state index contributed by atoms with van der Waals surface area (Å²) < 4.78 is 79.4. The summed E-state index contributed by atoms with van der Waals surface area (Å²) in [6, 6.07) is 12.3. The largest absolute Gasteiger partial charge is 0.416 e. The zero-order valence-electron chi connectivity index (χ0n) is 18.3. The molecule has 4 nitrogen and oxygen atoms in total. The molecule has 11 heteroatoms. The summed E-state index contributed by atoms with van der Waals surface area (Å²) >= 11 is 5.89. The molecule has 188 valence electrons. The van der Waals surface area contributed by atoms with Crippen LogP contribution >= 0.6 is 11.6 Å². The SMILES string of the molecule is O=C(Nc1cc(C(F)(F)F)cc(C(F)(F)F)c1)C1CCc2ccccc2N1C(=O)c1ccc(Cl)cc1. The van der Waals surface area contributed by atoms with E-state index in [1.54, 1.807) is 24.3 Å². The number of nitrogens with one attached hydrogen (secondary N) is 1. The summed E-state index contributed by atoms with van der Waals surface area (Å²) in [6.45, 7) is 0. The van der Waals surface area contributed by atoms with E-state index in [2.05, 4.69) is 5.32 Å². The summed E-state index contributed by atoms with van der Waals surface area (Å²) in [6.07, 6.45) is -9.66. The molecule has 2 amide bonds. The Morgan fingerprint density at radius 1 is 0.861 bits per heavy atom. The molecule has 1 aliphatic heterocycles. The highest BCUT2D eigenvalue weighted by atomic mass is 35.5. The van der Waals surface area contributed by atoms with Crippen molar-refractivity contribution in [2.75, 3.05) is 10.2 Å². The smallest absolute Gasteiger partial charge is 0.324 e. The lowest BCUT2D eigenvalue weighted by atomic mass is 9.94. The molecule has 1 aliphatic rings. The maximum absolute atomic E-state index is 13.4. The average molecular weight is 527 g/mol. The summed E-state index contributed by atoms with van der Waals surface area (Å²) in [7, 11) is 0. The van der Waals surface area contributed by atoms with Gasteiger partial charge in [-0.2, -0.15) is 26.3 Å². The maximum atomic E-state index is 13.4. The van der Waals surface area contributed by atoms with E-state index in [1.165, 1.54) is 29.2 Å². The van der Waals surface area contributed by atoms with Gasteiger partial charge in [0.1, 0.15) is 6.04 Å². The molecule has 0 radical (unpaired) electrons. The van der Waals surface area contributed by atoms with Crippen molar-refractivity contribution in [3.63, 3.8) is 0 Å². The highest BCUT2D eigenvalue weighted by Gasteiger charge is 2.39. The minimum Gasteiger partial charge on any atom is -0.324 e. The van der Waals surface area contributed by atoms with Crippen LogP contribution in [0.25, 0.3) is 0 Å². The van der Waals surface area contributed by atoms with Crippen LogP contribution in [-0.4, -0.2) is 17.9 Å². The molecule has 0 bridgehead atoms. The van der Waals surface area contributed by atoms with Crippen LogP contribution in [0.3, 0.4) is 0 Å². The van der Waals surface area contributed by atoms with Gasteiger partial charge in [0.05, 0.1) is 11.1 Å². The Labute approximate surface area is 206 Å². The molecule has 0 spiro atoms. The Hall–Kier alpha value is -3.53. The first-order valence-electron chi connectivity index (χ1n) is 10.6. The van der Waals surface area contributed by atoms with Gasteiger partial charge >= 0.3 is 12.4 Å². The van der Waals surface area contributed by atoms with Crippen LogP contribution in [0.5, 0.6) is 0 Å². The van der Waals surface area contributed by atoms with Gasteiger partial charge < -0.3 is 5.32 Å². The van der Waals surface area contributed by atoms with Gasteiger partial charge in [-0.25, -0.2) is 0 Å².